The Morgan fingerprint density at radius 2 is 1.96 bits per heavy atom. The first-order valence-electron chi connectivity index (χ1n) is 7.81. The average molecular weight is 306 g/mol. The van der Waals surface area contributed by atoms with Crippen LogP contribution in [0.1, 0.15) is 24.1 Å². The number of rotatable bonds is 4. The number of H-pyrrole nitrogens is 1. The lowest BCUT2D eigenvalue weighted by Crippen LogP contribution is -2.05. The second kappa shape index (κ2) is 5.52. The predicted octanol–water partition coefficient (Wildman–Crippen LogP) is 3.02. The minimum absolute atomic E-state index is 0.0355. The van der Waals surface area contributed by atoms with Gasteiger partial charge < -0.3 is 14.7 Å². The summed E-state index contributed by atoms with van der Waals surface area (Å²) in [6.45, 7) is 2.80. The van der Waals surface area contributed by atoms with E-state index in [0.29, 0.717) is 6.54 Å². The number of aromatic nitrogens is 4. The number of aliphatic hydroxyl groups excluding tert-OH is 1. The Morgan fingerprint density at radius 1 is 1.09 bits per heavy atom. The van der Waals surface area contributed by atoms with E-state index in [4.69, 9.17) is 4.98 Å². The largest absolute Gasteiger partial charge is 0.392 e. The third kappa shape index (κ3) is 2.39. The van der Waals surface area contributed by atoms with Crippen LogP contribution in [-0.4, -0.2) is 24.6 Å². The fourth-order valence-corrected chi connectivity index (χ4v) is 3.00. The summed E-state index contributed by atoms with van der Waals surface area (Å²) in [6.07, 6.45) is 0.851. The molecule has 2 heterocycles. The van der Waals surface area contributed by atoms with Crippen molar-refractivity contribution in [2.24, 2.45) is 0 Å². The first-order chi connectivity index (χ1) is 11.3. The molecule has 0 aliphatic carbocycles. The number of benzene rings is 2. The molecule has 116 valence electrons. The van der Waals surface area contributed by atoms with Gasteiger partial charge in [-0.3, -0.25) is 0 Å². The number of aromatic amines is 1. The quantitative estimate of drug-likeness (QED) is 0.609. The van der Waals surface area contributed by atoms with Crippen LogP contribution in [0.15, 0.2) is 42.5 Å². The summed E-state index contributed by atoms with van der Waals surface area (Å²) in [7, 11) is 0. The molecular formula is C18H18N4O. The third-order valence-corrected chi connectivity index (χ3v) is 4.14. The zero-order valence-electron chi connectivity index (χ0n) is 13.0. The molecule has 23 heavy (non-hydrogen) atoms. The van der Waals surface area contributed by atoms with E-state index in [1.165, 1.54) is 0 Å². The summed E-state index contributed by atoms with van der Waals surface area (Å²) in [6, 6.07) is 14.0. The van der Waals surface area contributed by atoms with Crippen molar-refractivity contribution >= 4 is 22.1 Å². The van der Waals surface area contributed by atoms with E-state index in [1.807, 2.05) is 42.5 Å². The number of para-hydroxylation sites is 2. The first-order valence-corrected chi connectivity index (χ1v) is 7.81. The van der Waals surface area contributed by atoms with Gasteiger partial charge in [-0.2, -0.15) is 0 Å². The van der Waals surface area contributed by atoms with Gasteiger partial charge in [0, 0.05) is 6.42 Å². The summed E-state index contributed by atoms with van der Waals surface area (Å²) in [5.41, 5.74) is 4.90. The molecule has 5 nitrogen and oxygen atoms in total. The summed E-state index contributed by atoms with van der Waals surface area (Å²) in [5, 5.41) is 9.30. The number of fused-ring (bicyclic) bond motifs is 2. The first kappa shape index (κ1) is 14.0. The molecular weight excluding hydrogens is 288 g/mol. The molecule has 0 saturated carbocycles. The van der Waals surface area contributed by atoms with Crippen LogP contribution in [0.25, 0.3) is 22.1 Å². The molecule has 2 aromatic heterocycles. The maximum absolute atomic E-state index is 9.30. The van der Waals surface area contributed by atoms with Gasteiger partial charge in [0.1, 0.15) is 11.6 Å². The van der Waals surface area contributed by atoms with Gasteiger partial charge in [0.15, 0.2) is 0 Å². The van der Waals surface area contributed by atoms with Gasteiger partial charge in [-0.15, -0.1) is 0 Å². The highest BCUT2D eigenvalue weighted by atomic mass is 16.3. The van der Waals surface area contributed by atoms with E-state index in [1.54, 1.807) is 0 Å². The maximum atomic E-state index is 9.30. The molecule has 0 saturated heterocycles. The standard InChI is InChI=1S/C18H18N4O/c1-2-18-21-15-9-12(11-23)7-8-16(15)22(18)10-17-19-13-5-3-4-6-14(13)20-17/h3-9,23H,2,10-11H2,1H3,(H,19,20). The lowest BCUT2D eigenvalue weighted by molar-refractivity contribution is 0.282. The van der Waals surface area contributed by atoms with Crippen LogP contribution in [0.5, 0.6) is 0 Å². The molecule has 4 aromatic rings. The highest BCUT2D eigenvalue weighted by Gasteiger charge is 2.12. The smallest absolute Gasteiger partial charge is 0.127 e. The monoisotopic (exact) mass is 306 g/mol. The predicted molar refractivity (Wildman–Crippen MR) is 90.2 cm³/mol. The summed E-state index contributed by atoms with van der Waals surface area (Å²) in [4.78, 5) is 12.7. The number of aliphatic hydroxyl groups is 1. The molecule has 4 rings (SSSR count). The van der Waals surface area contributed by atoms with Crippen LogP contribution >= 0.6 is 0 Å². The number of aryl methyl sites for hydroxylation is 1. The number of hydrogen-bond donors (Lipinski definition) is 2. The maximum Gasteiger partial charge on any atom is 0.127 e. The minimum Gasteiger partial charge on any atom is -0.392 e. The second-order valence-electron chi connectivity index (χ2n) is 5.65. The van der Waals surface area contributed by atoms with Gasteiger partial charge in [0.05, 0.1) is 35.2 Å². The zero-order chi connectivity index (χ0) is 15.8. The highest BCUT2D eigenvalue weighted by Crippen LogP contribution is 2.20. The van der Waals surface area contributed by atoms with E-state index in [9.17, 15) is 5.11 Å². The Morgan fingerprint density at radius 3 is 2.74 bits per heavy atom. The van der Waals surface area contributed by atoms with Gasteiger partial charge in [-0.25, -0.2) is 9.97 Å². The summed E-state index contributed by atoms with van der Waals surface area (Å²) < 4.78 is 2.19. The molecule has 0 bridgehead atoms. The molecule has 0 fully saturated rings. The van der Waals surface area contributed by atoms with Crippen LogP contribution in [0.4, 0.5) is 0 Å². The normalized spacial score (nSPS) is 11.6. The van der Waals surface area contributed by atoms with Crippen LogP contribution in [0.3, 0.4) is 0 Å². The summed E-state index contributed by atoms with van der Waals surface area (Å²) in [5.74, 6) is 1.95. The number of nitrogens with one attached hydrogen (secondary N) is 1. The Kier molecular flexibility index (Phi) is 3.35. The Bertz CT molecular complexity index is 950. The van der Waals surface area contributed by atoms with Gasteiger partial charge in [0.25, 0.3) is 0 Å². The van der Waals surface area contributed by atoms with Gasteiger partial charge >= 0.3 is 0 Å². The molecule has 0 aliphatic rings. The fourth-order valence-electron chi connectivity index (χ4n) is 3.00. The number of imidazole rings is 2. The Labute approximate surface area is 133 Å². The van der Waals surface area contributed by atoms with Crippen LogP contribution < -0.4 is 0 Å². The van der Waals surface area contributed by atoms with Crippen LogP contribution in [0, 0.1) is 0 Å². The lowest BCUT2D eigenvalue weighted by atomic mass is 10.2. The Hall–Kier alpha value is -2.66. The molecule has 0 aliphatic heterocycles. The van der Waals surface area contributed by atoms with E-state index in [2.05, 4.69) is 21.5 Å². The van der Waals surface area contributed by atoms with E-state index in [0.717, 1.165) is 45.7 Å². The van der Waals surface area contributed by atoms with Crippen molar-refractivity contribution in [2.45, 2.75) is 26.5 Å². The van der Waals surface area contributed by atoms with Gasteiger partial charge in [0.2, 0.25) is 0 Å². The highest BCUT2D eigenvalue weighted by molar-refractivity contribution is 5.77. The molecule has 0 atom stereocenters. The number of hydrogen-bond acceptors (Lipinski definition) is 3. The van der Waals surface area contributed by atoms with Crippen molar-refractivity contribution in [1.82, 2.24) is 19.5 Å². The second-order valence-corrected chi connectivity index (χ2v) is 5.65. The Balaban J connectivity index is 1.80. The van der Waals surface area contributed by atoms with Crippen LogP contribution in [0.2, 0.25) is 0 Å². The van der Waals surface area contributed by atoms with E-state index in [-0.39, 0.29) is 6.61 Å². The van der Waals surface area contributed by atoms with Crippen molar-refractivity contribution in [2.75, 3.05) is 0 Å². The minimum atomic E-state index is 0.0355. The molecule has 2 aromatic carbocycles. The van der Waals surface area contributed by atoms with Crippen molar-refractivity contribution in [3.05, 3.63) is 59.7 Å². The molecule has 0 amide bonds. The third-order valence-electron chi connectivity index (χ3n) is 4.14. The molecule has 2 N–H and O–H groups in total. The zero-order valence-corrected chi connectivity index (χ0v) is 13.0. The van der Waals surface area contributed by atoms with E-state index >= 15 is 0 Å². The van der Waals surface area contributed by atoms with Crippen LogP contribution in [-0.2, 0) is 19.6 Å². The van der Waals surface area contributed by atoms with Crippen molar-refractivity contribution in [3.63, 3.8) is 0 Å². The fraction of sp³-hybridized carbons (Fsp3) is 0.222. The molecule has 5 heteroatoms. The lowest BCUT2D eigenvalue weighted by Gasteiger charge is -2.06. The molecule has 0 radical (unpaired) electrons. The topological polar surface area (TPSA) is 66.7 Å². The number of nitrogens with zero attached hydrogens (tertiary/aromatic N) is 3. The van der Waals surface area contributed by atoms with Gasteiger partial charge in [-0.1, -0.05) is 25.1 Å². The van der Waals surface area contributed by atoms with Crippen molar-refractivity contribution in [1.29, 1.82) is 0 Å². The summed E-state index contributed by atoms with van der Waals surface area (Å²) >= 11 is 0. The van der Waals surface area contributed by atoms with Crippen molar-refractivity contribution in [3.8, 4) is 0 Å². The average Bonchev–Trinajstić information content (AvgIpc) is 3.15. The van der Waals surface area contributed by atoms with Crippen molar-refractivity contribution < 1.29 is 5.11 Å². The molecule has 0 unspecified atom stereocenters. The SMILES string of the molecule is CCc1nc2cc(CO)ccc2n1Cc1nc2ccccc2[nH]1. The van der Waals surface area contributed by atoms with E-state index < -0.39 is 0 Å². The molecule has 0 spiro atoms. The van der Waals surface area contributed by atoms with Gasteiger partial charge in [-0.05, 0) is 29.8 Å².